The molecule has 0 amide bonds. The summed E-state index contributed by atoms with van der Waals surface area (Å²) in [5.41, 5.74) is 0. The van der Waals surface area contributed by atoms with Crippen molar-refractivity contribution in [2.24, 2.45) is 11.8 Å². The Morgan fingerprint density at radius 1 is 1.13 bits per heavy atom. The summed E-state index contributed by atoms with van der Waals surface area (Å²) in [6.07, 6.45) is 8.62. The van der Waals surface area contributed by atoms with E-state index in [4.69, 9.17) is 0 Å². The van der Waals surface area contributed by atoms with Crippen molar-refractivity contribution in [1.82, 2.24) is 5.32 Å². The van der Waals surface area contributed by atoms with Gasteiger partial charge in [-0.25, -0.2) is 0 Å². The first-order chi connectivity index (χ1) is 7.29. The van der Waals surface area contributed by atoms with Crippen LogP contribution in [0.25, 0.3) is 0 Å². The highest BCUT2D eigenvalue weighted by molar-refractivity contribution is 4.86. The Labute approximate surface area is 93.5 Å². The third kappa shape index (κ3) is 3.46. The van der Waals surface area contributed by atoms with Gasteiger partial charge in [0.1, 0.15) is 0 Å². The fraction of sp³-hybridized carbons (Fsp3) is 1.00. The van der Waals surface area contributed by atoms with Gasteiger partial charge in [0.05, 0.1) is 6.10 Å². The Morgan fingerprint density at radius 3 is 2.33 bits per heavy atom. The van der Waals surface area contributed by atoms with Crippen LogP contribution in [-0.4, -0.2) is 23.8 Å². The molecule has 2 saturated carbocycles. The third-order valence-corrected chi connectivity index (χ3v) is 4.12. The maximum Gasteiger partial charge on any atom is 0.0540 e. The van der Waals surface area contributed by atoms with Crippen LogP contribution in [0.5, 0.6) is 0 Å². The first-order valence-electron chi connectivity index (χ1n) is 6.71. The van der Waals surface area contributed by atoms with E-state index in [1.807, 2.05) is 0 Å². The summed E-state index contributed by atoms with van der Waals surface area (Å²) in [6.45, 7) is 3.47. The molecule has 0 aromatic heterocycles. The van der Waals surface area contributed by atoms with Crippen LogP contribution < -0.4 is 5.32 Å². The number of hydrogen-bond acceptors (Lipinski definition) is 2. The molecule has 88 valence electrons. The van der Waals surface area contributed by atoms with E-state index in [9.17, 15) is 5.11 Å². The lowest BCUT2D eigenvalue weighted by molar-refractivity contribution is 0.107. The van der Waals surface area contributed by atoms with Gasteiger partial charge in [0.2, 0.25) is 0 Å². The van der Waals surface area contributed by atoms with Crippen molar-refractivity contribution in [1.29, 1.82) is 0 Å². The van der Waals surface area contributed by atoms with Crippen LogP contribution in [-0.2, 0) is 0 Å². The molecule has 1 atom stereocenters. The van der Waals surface area contributed by atoms with E-state index >= 15 is 0 Å². The average Bonchev–Trinajstić information content (AvgIpc) is 3.06. The van der Waals surface area contributed by atoms with E-state index in [2.05, 4.69) is 12.2 Å². The zero-order valence-electron chi connectivity index (χ0n) is 9.91. The van der Waals surface area contributed by atoms with E-state index in [1.165, 1.54) is 38.6 Å². The molecule has 2 fully saturated rings. The summed E-state index contributed by atoms with van der Waals surface area (Å²) in [5.74, 6) is 1.80. The van der Waals surface area contributed by atoms with Gasteiger partial charge in [-0.2, -0.15) is 0 Å². The summed E-state index contributed by atoms with van der Waals surface area (Å²) < 4.78 is 0. The minimum Gasteiger partial charge on any atom is -0.393 e. The zero-order valence-corrected chi connectivity index (χ0v) is 9.91. The Balaban J connectivity index is 1.63. The lowest BCUT2D eigenvalue weighted by Crippen LogP contribution is -2.36. The van der Waals surface area contributed by atoms with Crippen LogP contribution in [0.3, 0.4) is 0 Å². The molecule has 0 aromatic carbocycles. The monoisotopic (exact) mass is 211 g/mol. The van der Waals surface area contributed by atoms with Crippen LogP contribution in [0.4, 0.5) is 0 Å². The fourth-order valence-electron chi connectivity index (χ4n) is 2.81. The second kappa shape index (κ2) is 5.31. The highest BCUT2D eigenvalue weighted by atomic mass is 16.3. The number of nitrogens with one attached hydrogen (secondary N) is 1. The molecular formula is C13H25NO. The van der Waals surface area contributed by atoms with Crippen molar-refractivity contribution in [3.8, 4) is 0 Å². The Bertz CT molecular complexity index is 183. The molecule has 0 saturated heterocycles. The van der Waals surface area contributed by atoms with E-state index in [1.54, 1.807) is 0 Å². The molecule has 0 aliphatic heterocycles. The van der Waals surface area contributed by atoms with E-state index in [-0.39, 0.29) is 6.10 Å². The second-order valence-corrected chi connectivity index (χ2v) is 5.43. The van der Waals surface area contributed by atoms with Gasteiger partial charge in [-0.3, -0.25) is 0 Å². The van der Waals surface area contributed by atoms with Gasteiger partial charge in [0, 0.05) is 6.04 Å². The van der Waals surface area contributed by atoms with Crippen LogP contribution in [0.2, 0.25) is 0 Å². The molecule has 2 N–H and O–H groups in total. The van der Waals surface area contributed by atoms with Crippen molar-refractivity contribution in [3.63, 3.8) is 0 Å². The Morgan fingerprint density at radius 2 is 1.80 bits per heavy atom. The molecule has 2 nitrogen and oxygen atoms in total. The molecule has 0 heterocycles. The van der Waals surface area contributed by atoms with Crippen LogP contribution in [0.15, 0.2) is 0 Å². The van der Waals surface area contributed by atoms with Gasteiger partial charge in [0.15, 0.2) is 0 Å². The number of hydrogen-bond donors (Lipinski definition) is 2. The van der Waals surface area contributed by atoms with Crippen molar-refractivity contribution >= 4 is 0 Å². The minimum atomic E-state index is -0.00773. The average molecular weight is 211 g/mol. The van der Waals surface area contributed by atoms with Gasteiger partial charge in [0.25, 0.3) is 0 Å². The minimum absolute atomic E-state index is 0.00773. The van der Waals surface area contributed by atoms with E-state index in [0.717, 1.165) is 30.7 Å². The lowest BCUT2D eigenvalue weighted by Gasteiger charge is -2.27. The summed E-state index contributed by atoms with van der Waals surface area (Å²) >= 11 is 0. The maximum atomic E-state index is 9.43. The summed E-state index contributed by atoms with van der Waals surface area (Å²) in [6, 6.07) is 0.775. The van der Waals surface area contributed by atoms with E-state index in [0.29, 0.717) is 0 Å². The maximum absolute atomic E-state index is 9.43. The molecule has 1 unspecified atom stereocenters. The Hall–Kier alpha value is -0.0800. The van der Waals surface area contributed by atoms with E-state index < -0.39 is 0 Å². The molecule has 2 heteroatoms. The molecule has 0 spiro atoms. The molecule has 0 radical (unpaired) electrons. The normalized spacial score (nSPS) is 34.0. The van der Waals surface area contributed by atoms with Gasteiger partial charge in [-0.1, -0.05) is 6.92 Å². The third-order valence-electron chi connectivity index (χ3n) is 4.12. The molecule has 15 heavy (non-hydrogen) atoms. The van der Waals surface area contributed by atoms with Crippen LogP contribution >= 0.6 is 0 Å². The smallest absolute Gasteiger partial charge is 0.0540 e. The largest absolute Gasteiger partial charge is 0.393 e. The van der Waals surface area contributed by atoms with Gasteiger partial charge >= 0.3 is 0 Å². The highest BCUT2D eigenvalue weighted by Gasteiger charge is 2.30. The number of rotatable bonds is 5. The highest BCUT2D eigenvalue weighted by Crippen LogP contribution is 2.34. The van der Waals surface area contributed by atoms with Crippen molar-refractivity contribution in [2.45, 2.75) is 64.0 Å². The molecule has 0 bridgehead atoms. The van der Waals surface area contributed by atoms with Crippen molar-refractivity contribution < 1.29 is 5.11 Å². The standard InChI is InChI=1S/C13H25NO/c1-2-13(11-5-6-11)14-9-10-3-7-12(15)8-4-10/h10-15H,2-9H2,1H3. The van der Waals surface area contributed by atoms with Crippen LogP contribution in [0, 0.1) is 11.8 Å². The fourth-order valence-corrected chi connectivity index (χ4v) is 2.81. The van der Waals surface area contributed by atoms with Crippen molar-refractivity contribution in [2.75, 3.05) is 6.54 Å². The van der Waals surface area contributed by atoms with Crippen LogP contribution in [0.1, 0.15) is 51.9 Å². The zero-order chi connectivity index (χ0) is 10.7. The Kier molecular flexibility index (Phi) is 4.04. The number of aliphatic hydroxyl groups excluding tert-OH is 1. The predicted molar refractivity (Wildman–Crippen MR) is 62.8 cm³/mol. The summed E-state index contributed by atoms with van der Waals surface area (Å²) in [4.78, 5) is 0. The second-order valence-electron chi connectivity index (χ2n) is 5.43. The lowest BCUT2D eigenvalue weighted by atomic mass is 9.87. The molecule has 2 aliphatic rings. The first-order valence-corrected chi connectivity index (χ1v) is 6.71. The van der Waals surface area contributed by atoms with Gasteiger partial charge < -0.3 is 10.4 Å². The predicted octanol–water partition coefficient (Wildman–Crippen LogP) is 2.32. The van der Waals surface area contributed by atoms with Gasteiger partial charge in [-0.05, 0) is 63.3 Å². The SMILES string of the molecule is CCC(NCC1CCC(O)CC1)C1CC1. The topological polar surface area (TPSA) is 32.3 Å². The summed E-state index contributed by atoms with van der Waals surface area (Å²) in [7, 11) is 0. The number of aliphatic hydroxyl groups is 1. The molecule has 2 rings (SSSR count). The first kappa shape index (κ1) is 11.4. The van der Waals surface area contributed by atoms with Crippen molar-refractivity contribution in [3.05, 3.63) is 0 Å². The summed E-state index contributed by atoms with van der Waals surface area (Å²) in [5, 5.41) is 13.2. The van der Waals surface area contributed by atoms with Gasteiger partial charge in [-0.15, -0.1) is 0 Å². The molecule has 2 aliphatic carbocycles. The molecule has 0 aromatic rings. The quantitative estimate of drug-likeness (QED) is 0.731. The molecular weight excluding hydrogens is 186 g/mol.